The third kappa shape index (κ3) is 16.7. The minimum absolute atomic E-state index is 0.0159. The van der Waals surface area contributed by atoms with E-state index in [0.717, 1.165) is 17.6 Å². The Kier molecular flexibility index (Phi) is 23.9. The second-order valence-corrected chi connectivity index (χ2v) is 23.0. The minimum Gasteiger partial charge on any atom is -0.456 e. The highest BCUT2D eigenvalue weighted by atomic mass is 16.5. The van der Waals surface area contributed by atoms with Gasteiger partial charge in [-0.25, -0.2) is 5.43 Å². The normalized spacial score (nSPS) is 35.2. The molecule has 4 heterocycles. The lowest BCUT2D eigenvalue weighted by molar-refractivity contribution is -0.267. The molecule has 5 rings (SSSR count). The number of allylic oxidation sites excluding steroid dienone is 5. The SMILES string of the molecule is CC[C@H]1C[C@H](C)[C@@]2(NC1=O)O[C@H](C[C@H](O)[C@@H](C)CC/C=C\C=C(/C)[C@@H]1C/C=C/C=C/[C@H](O)[C@H](C)[C@@H](O)[C@@H](CCC(C)=O)C(=O)N[C@@H](C(C)C)C(=O)N[C@@H](Cc3ccccc3)C(=O)N3CCCC(N3)C(=O)O1)[C@H](C)[C@H](O)[C@@H]2C. The van der Waals surface area contributed by atoms with E-state index >= 15 is 0 Å². The molecule has 0 radical (unpaired) electrons. The van der Waals surface area contributed by atoms with E-state index in [1.807, 2.05) is 83.2 Å². The van der Waals surface area contributed by atoms with Crippen molar-refractivity contribution in [3.63, 3.8) is 0 Å². The summed E-state index contributed by atoms with van der Waals surface area (Å²) in [4.78, 5) is 82.1. The molecule has 1 spiro atoms. The van der Waals surface area contributed by atoms with Crippen LogP contribution < -0.4 is 21.4 Å². The van der Waals surface area contributed by atoms with Gasteiger partial charge in [0.05, 0.1) is 36.4 Å². The van der Waals surface area contributed by atoms with E-state index in [1.165, 1.54) is 18.0 Å². The molecule has 17 heteroatoms. The van der Waals surface area contributed by atoms with Crippen molar-refractivity contribution in [2.45, 2.75) is 200 Å². The predicted molar refractivity (Wildman–Crippen MR) is 294 cm³/mol. The molecule has 0 saturated carbocycles. The number of ketones is 1. The maximum atomic E-state index is 14.5. The lowest BCUT2D eigenvalue weighted by Gasteiger charge is -2.56. The van der Waals surface area contributed by atoms with Gasteiger partial charge in [-0.3, -0.25) is 29.0 Å². The first-order chi connectivity index (χ1) is 36.5. The summed E-state index contributed by atoms with van der Waals surface area (Å²) in [7, 11) is 0. The third-order valence-electron chi connectivity index (χ3n) is 16.8. The van der Waals surface area contributed by atoms with Gasteiger partial charge in [0.2, 0.25) is 17.7 Å². The Bertz CT molecular complexity index is 2270. The number of nitrogens with one attached hydrogen (secondary N) is 4. The van der Waals surface area contributed by atoms with Gasteiger partial charge in [0.1, 0.15) is 35.7 Å². The lowest BCUT2D eigenvalue weighted by Crippen LogP contribution is -2.71. The van der Waals surface area contributed by atoms with E-state index in [1.54, 1.807) is 39.0 Å². The molecule has 428 valence electrons. The Labute approximate surface area is 457 Å². The summed E-state index contributed by atoms with van der Waals surface area (Å²) in [5.41, 5.74) is 3.57. The van der Waals surface area contributed by atoms with Gasteiger partial charge in [-0.15, -0.1) is 0 Å². The van der Waals surface area contributed by atoms with E-state index in [-0.39, 0.29) is 73.5 Å². The zero-order valence-electron chi connectivity index (χ0n) is 47.2. The molecule has 4 aliphatic rings. The summed E-state index contributed by atoms with van der Waals surface area (Å²) >= 11 is 0. The van der Waals surface area contributed by atoms with Gasteiger partial charge in [-0.2, -0.15) is 0 Å². The molecule has 4 amide bonds. The average molecular weight is 1070 g/mol. The number of Topliss-reactive ketones (excluding diaryl/α,β-unsaturated/α-hetero) is 1. The van der Waals surface area contributed by atoms with Gasteiger partial charge in [0.15, 0.2) is 0 Å². The van der Waals surface area contributed by atoms with Crippen LogP contribution in [0, 0.1) is 47.3 Å². The lowest BCUT2D eigenvalue weighted by atomic mass is 9.69. The van der Waals surface area contributed by atoms with Crippen LogP contribution in [0.5, 0.6) is 0 Å². The number of fused-ring (bicyclic) bond motifs is 2. The summed E-state index contributed by atoms with van der Waals surface area (Å²) in [5.74, 6) is -5.92. The smallest absolute Gasteiger partial charge is 0.325 e. The molecule has 0 aromatic heterocycles. The molecule has 77 heavy (non-hydrogen) atoms. The van der Waals surface area contributed by atoms with E-state index in [0.29, 0.717) is 38.5 Å². The number of carbonyl (C=O) groups excluding carboxylic acids is 6. The fourth-order valence-electron chi connectivity index (χ4n) is 11.3. The molecule has 17 atom stereocenters. The molecular formula is C60H91N5O12. The van der Waals surface area contributed by atoms with Crippen LogP contribution in [0.4, 0.5) is 0 Å². The number of hydrogen-bond acceptors (Lipinski definition) is 13. The Hall–Kier alpha value is -5.04. The highest BCUT2D eigenvalue weighted by molar-refractivity contribution is 5.93. The number of aliphatic hydroxyl groups excluding tert-OH is 4. The van der Waals surface area contributed by atoms with Gasteiger partial charge >= 0.3 is 5.97 Å². The van der Waals surface area contributed by atoms with Gasteiger partial charge in [0, 0.05) is 61.8 Å². The largest absolute Gasteiger partial charge is 0.456 e. The van der Waals surface area contributed by atoms with Crippen molar-refractivity contribution >= 4 is 35.4 Å². The zero-order valence-corrected chi connectivity index (χ0v) is 47.2. The topological polar surface area (TPSA) is 253 Å². The van der Waals surface area contributed by atoms with Crippen LogP contribution in [0.3, 0.4) is 0 Å². The molecular weight excluding hydrogens is 983 g/mol. The Balaban J connectivity index is 1.34. The first-order valence-corrected chi connectivity index (χ1v) is 28.3. The molecule has 2 bridgehead atoms. The molecule has 0 aliphatic carbocycles. The number of piperidine rings is 1. The highest BCUT2D eigenvalue weighted by Crippen LogP contribution is 2.46. The van der Waals surface area contributed by atoms with Crippen LogP contribution in [-0.4, -0.2) is 128 Å². The summed E-state index contributed by atoms with van der Waals surface area (Å²) in [6.07, 6.45) is 11.2. The van der Waals surface area contributed by atoms with Crippen molar-refractivity contribution in [3.05, 3.63) is 84.0 Å². The van der Waals surface area contributed by atoms with Crippen LogP contribution in [0.15, 0.2) is 78.4 Å². The van der Waals surface area contributed by atoms with Crippen molar-refractivity contribution in [2.75, 3.05) is 6.54 Å². The van der Waals surface area contributed by atoms with E-state index < -0.39 is 102 Å². The molecule has 1 unspecified atom stereocenters. The van der Waals surface area contributed by atoms with Crippen molar-refractivity contribution in [1.29, 1.82) is 0 Å². The number of hydrazine groups is 1. The maximum Gasteiger partial charge on any atom is 0.325 e. The third-order valence-corrected chi connectivity index (χ3v) is 16.8. The van der Waals surface area contributed by atoms with E-state index in [2.05, 4.69) is 28.3 Å². The number of aliphatic hydroxyl groups is 4. The number of ether oxygens (including phenoxy) is 2. The molecule has 8 N–H and O–H groups in total. The number of cyclic esters (lactones) is 1. The first kappa shape index (κ1) is 62.8. The van der Waals surface area contributed by atoms with Crippen LogP contribution in [0.1, 0.15) is 139 Å². The van der Waals surface area contributed by atoms with E-state index in [4.69, 9.17) is 9.47 Å². The van der Waals surface area contributed by atoms with Gasteiger partial charge in [-0.05, 0) is 81.8 Å². The van der Waals surface area contributed by atoms with Crippen molar-refractivity contribution in [1.82, 2.24) is 26.4 Å². The van der Waals surface area contributed by atoms with Crippen LogP contribution in [0.2, 0.25) is 0 Å². The molecule has 4 aliphatic heterocycles. The van der Waals surface area contributed by atoms with Crippen molar-refractivity contribution < 1.29 is 58.7 Å². The number of amides is 4. The summed E-state index contributed by atoms with van der Waals surface area (Å²) < 4.78 is 12.9. The van der Waals surface area contributed by atoms with Crippen LogP contribution in [0.25, 0.3) is 0 Å². The predicted octanol–water partition coefficient (Wildman–Crippen LogP) is 5.70. The second kappa shape index (κ2) is 29.3. The fraction of sp³-hybridized carbons (Fsp3) is 0.667. The van der Waals surface area contributed by atoms with Gasteiger partial charge in [-0.1, -0.05) is 128 Å². The monoisotopic (exact) mass is 1070 g/mol. The molecule has 3 saturated heterocycles. The Morgan fingerprint density at radius 3 is 2.31 bits per heavy atom. The van der Waals surface area contributed by atoms with E-state index in [9.17, 15) is 49.2 Å². The number of hydrogen-bond donors (Lipinski definition) is 8. The summed E-state index contributed by atoms with van der Waals surface area (Å²) in [6, 6.07) is 6.01. The Morgan fingerprint density at radius 1 is 0.922 bits per heavy atom. The van der Waals surface area contributed by atoms with Crippen LogP contribution in [-0.2, 0) is 44.7 Å². The van der Waals surface area contributed by atoms with Gasteiger partial charge < -0.3 is 50.6 Å². The maximum absolute atomic E-state index is 14.5. The number of rotatable bonds is 15. The van der Waals surface area contributed by atoms with Gasteiger partial charge in [0.25, 0.3) is 5.91 Å². The van der Waals surface area contributed by atoms with Crippen molar-refractivity contribution in [2.24, 2.45) is 47.3 Å². The van der Waals surface area contributed by atoms with Crippen LogP contribution >= 0.6 is 0 Å². The second-order valence-electron chi connectivity index (χ2n) is 23.0. The number of carbonyl (C=O) groups is 6. The molecule has 3 fully saturated rings. The highest BCUT2D eigenvalue weighted by Gasteiger charge is 2.57. The quantitative estimate of drug-likeness (QED) is 0.0776. The standard InChI is InChI=1S/C60H91N5O12/c1-11-44-32-38(6)60(63-55(44)71)42(10)53(69)41(9)51(77-60)34-49(68)36(4)22-15-12-16-23-37(5)50-28-20-14-19-27-48(67)40(8)54(70)45(30-29-39(7)66)56(72)62-52(35(2)3)57(73)61-47(33-43-24-17-13-18-25-43)58(74)65-31-21-26-46(64-65)59(75)76-50/h12-14,16-20,23-25,27,35-36,38,40-42,44-54,64,67-70H,11,15,21-22,26,28-34H2,1-10H3,(H,61,73)(H,62,72)(H,63,71)/b16-12-,20-14+,27-19+,37-23+/t36-,38-,40-,41-,42-,44-,45+,46?,47-,48-,49-,50-,51+,52-,53-,54+,60+/m0/s1. The molecule has 17 nitrogen and oxygen atoms in total. The number of benzene rings is 1. The number of nitrogens with zero attached hydrogens (tertiary/aromatic N) is 1. The Morgan fingerprint density at radius 2 is 1.64 bits per heavy atom. The first-order valence-electron chi connectivity index (χ1n) is 28.3. The molecule has 1 aromatic carbocycles. The summed E-state index contributed by atoms with van der Waals surface area (Å²) in [6.45, 7) is 18.5. The fourth-order valence-corrected chi connectivity index (χ4v) is 11.3. The number of esters is 1. The zero-order chi connectivity index (χ0) is 56.7. The summed E-state index contributed by atoms with van der Waals surface area (Å²) in [5, 5.41) is 55.9. The average Bonchev–Trinajstić information content (AvgIpc) is 3.40. The molecule has 1 aromatic rings. The van der Waals surface area contributed by atoms with Crippen molar-refractivity contribution in [3.8, 4) is 0 Å². The minimum atomic E-state index is -1.41.